The molecule has 1 aromatic heterocycles. The van der Waals surface area contributed by atoms with Gasteiger partial charge in [-0.1, -0.05) is 36.4 Å². The van der Waals surface area contributed by atoms with E-state index < -0.39 is 0 Å². The molecule has 1 aliphatic heterocycles. The number of hydrogen-bond acceptors (Lipinski definition) is 3. The van der Waals surface area contributed by atoms with Crippen LogP contribution < -0.4 is 10.6 Å². The molecule has 5 heteroatoms. The van der Waals surface area contributed by atoms with Crippen molar-refractivity contribution in [2.24, 2.45) is 10.2 Å². The third-order valence-electron chi connectivity index (χ3n) is 3.63. The minimum Gasteiger partial charge on any atom is -0.352 e. The molecule has 0 saturated carbocycles. The average Bonchev–Trinajstić information content (AvgIpc) is 3.02. The van der Waals surface area contributed by atoms with Crippen LogP contribution in [0.5, 0.6) is 0 Å². The van der Waals surface area contributed by atoms with Gasteiger partial charge in [-0.3, -0.25) is 4.79 Å². The number of aromatic amines is 1. The summed E-state index contributed by atoms with van der Waals surface area (Å²) >= 11 is 0. The molecule has 0 bridgehead atoms. The zero-order chi connectivity index (χ0) is 14.4. The fraction of sp³-hybridized carbons (Fsp3) is 0. The number of fused-ring (bicyclic) bond motifs is 2. The minimum atomic E-state index is -0.354. The third kappa shape index (κ3) is 1.57. The van der Waals surface area contributed by atoms with Gasteiger partial charge >= 0.3 is 0 Å². The van der Waals surface area contributed by atoms with Crippen LogP contribution in [0, 0.1) is 4.91 Å². The fourth-order valence-electron chi connectivity index (χ4n) is 2.71. The van der Waals surface area contributed by atoms with Crippen molar-refractivity contribution in [3.63, 3.8) is 0 Å². The highest BCUT2D eigenvalue weighted by molar-refractivity contribution is 6.23. The molecule has 3 aromatic rings. The summed E-state index contributed by atoms with van der Waals surface area (Å²) in [4.78, 5) is 30.6. The number of nitrogens with one attached hydrogen (secondary N) is 1. The van der Waals surface area contributed by atoms with Crippen LogP contribution in [0.3, 0.4) is 0 Å². The van der Waals surface area contributed by atoms with Crippen molar-refractivity contribution in [3.8, 4) is 0 Å². The summed E-state index contributed by atoms with van der Waals surface area (Å²) in [6, 6.07) is 14.6. The lowest BCUT2D eigenvalue weighted by molar-refractivity contribution is -0.112. The quantitative estimate of drug-likeness (QED) is 0.725. The lowest BCUT2D eigenvalue weighted by atomic mass is 10.1. The molecule has 1 aliphatic rings. The van der Waals surface area contributed by atoms with Crippen LogP contribution in [0.1, 0.15) is 5.69 Å². The summed E-state index contributed by atoms with van der Waals surface area (Å²) in [5.74, 6) is -0.354. The van der Waals surface area contributed by atoms with Crippen molar-refractivity contribution in [1.82, 2.24) is 4.98 Å². The van der Waals surface area contributed by atoms with Gasteiger partial charge in [-0.25, -0.2) is 4.99 Å². The molecule has 1 N–H and O–H groups in total. The summed E-state index contributed by atoms with van der Waals surface area (Å²) in [6.45, 7) is 0. The zero-order valence-corrected chi connectivity index (χ0v) is 10.8. The molecule has 4 rings (SSSR count). The Morgan fingerprint density at radius 3 is 2.62 bits per heavy atom. The van der Waals surface area contributed by atoms with Crippen molar-refractivity contribution in [2.75, 3.05) is 0 Å². The lowest BCUT2D eigenvalue weighted by Gasteiger charge is -1.97. The van der Waals surface area contributed by atoms with Gasteiger partial charge in [-0.2, -0.15) is 0 Å². The van der Waals surface area contributed by atoms with E-state index in [2.05, 4.69) is 15.2 Å². The van der Waals surface area contributed by atoms with E-state index in [1.807, 2.05) is 36.4 Å². The summed E-state index contributed by atoms with van der Waals surface area (Å²) in [6.07, 6.45) is 0. The number of carbonyl (C=O) groups is 1. The molecule has 1 amide bonds. The molecule has 0 aliphatic carbocycles. The van der Waals surface area contributed by atoms with E-state index in [0.717, 1.165) is 10.7 Å². The van der Waals surface area contributed by atoms with E-state index in [1.54, 1.807) is 12.1 Å². The maximum absolute atomic E-state index is 12.2. The Morgan fingerprint density at radius 1 is 1.00 bits per heavy atom. The molecule has 100 valence electrons. The van der Waals surface area contributed by atoms with E-state index in [4.69, 9.17) is 0 Å². The Kier molecular flexibility index (Phi) is 2.35. The van der Waals surface area contributed by atoms with Gasteiger partial charge in [0.25, 0.3) is 5.91 Å². The van der Waals surface area contributed by atoms with Gasteiger partial charge in [0.15, 0.2) is 0 Å². The zero-order valence-electron chi connectivity index (χ0n) is 10.8. The van der Waals surface area contributed by atoms with Crippen LogP contribution in [0.15, 0.2) is 58.7 Å². The smallest absolute Gasteiger partial charge is 0.280 e. The normalized spacial score (nSPS) is 13.3. The first kappa shape index (κ1) is 11.7. The molecule has 2 aromatic carbocycles. The van der Waals surface area contributed by atoms with E-state index in [0.29, 0.717) is 22.0 Å². The van der Waals surface area contributed by atoms with Crippen LogP contribution in [-0.4, -0.2) is 10.9 Å². The van der Waals surface area contributed by atoms with Gasteiger partial charge in [0.2, 0.25) is 0 Å². The predicted octanol–water partition coefficient (Wildman–Crippen LogP) is 1.92. The second-order valence-electron chi connectivity index (χ2n) is 4.79. The molecular formula is C16H9N3O2. The van der Waals surface area contributed by atoms with Crippen molar-refractivity contribution >= 4 is 28.1 Å². The first-order valence-electron chi connectivity index (χ1n) is 6.46. The van der Waals surface area contributed by atoms with E-state index in [1.165, 1.54) is 0 Å². The van der Waals surface area contributed by atoms with Gasteiger partial charge in [-0.15, -0.1) is 4.91 Å². The molecular weight excluding hydrogens is 266 g/mol. The van der Waals surface area contributed by atoms with Gasteiger partial charge in [0, 0.05) is 16.1 Å². The van der Waals surface area contributed by atoms with Crippen molar-refractivity contribution in [1.29, 1.82) is 0 Å². The number of carbonyl (C=O) groups excluding carboxylic acids is 1. The average molecular weight is 275 g/mol. The largest absolute Gasteiger partial charge is 0.352 e. The molecule has 0 spiro atoms. The van der Waals surface area contributed by atoms with Gasteiger partial charge in [0.1, 0.15) is 5.69 Å². The predicted molar refractivity (Wildman–Crippen MR) is 78.5 cm³/mol. The van der Waals surface area contributed by atoms with E-state index in [9.17, 15) is 9.70 Å². The number of nitroso groups, excluding NO2 is 1. The third-order valence-corrected chi connectivity index (χ3v) is 3.63. The topological polar surface area (TPSA) is 74.7 Å². The Bertz CT molecular complexity index is 1030. The Balaban J connectivity index is 2.16. The van der Waals surface area contributed by atoms with Crippen LogP contribution in [-0.2, 0) is 4.79 Å². The maximum Gasteiger partial charge on any atom is 0.280 e. The monoisotopic (exact) mass is 275 g/mol. The van der Waals surface area contributed by atoms with Gasteiger partial charge < -0.3 is 4.98 Å². The fourth-order valence-corrected chi connectivity index (χ4v) is 2.71. The number of H-pyrrole nitrogens is 1. The Hall–Kier alpha value is -3.08. The van der Waals surface area contributed by atoms with Gasteiger partial charge in [0.05, 0.1) is 16.6 Å². The molecule has 0 fully saturated rings. The summed E-state index contributed by atoms with van der Waals surface area (Å²) in [5.41, 5.74) is 1.86. The number of hydrogen-bond donors (Lipinski definition) is 1. The number of benzene rings is 2. The van der Waals surface area contributed by atoms with E-state index in [-0.39, 0.29) is 11.6 Å². The van der Waals surface area contributed by atoms with Crippen molar-refractivity contribution < 1.29 is 4.79 Å². The summed E-state index contributed by atoms with van der Waals surface area (Å²) in [7, 11) is 0. The number of nitrogens with zero attached hydrogens (tertiary/aromatic N) is 2. The second-order valence-corrected chi connectivity index (χ2v) is 4.79. The summed E-state index contributed by atoms with van der Waals surface area (Å²) in [5, 5.41) is 5.16. The molecule has 2 heterocycles. The molecule has 0 radical (unpaired) electrons. The standard InChI is InChI=1S/C16H9N3O2/c20-16-13(9-5-1-3-7-11(9)18-16)15-14(19-21)10-6-2-4-8-12(10)17-15/h1-8,17H. The molecule has 0 saturated heterocycles. The SMILES string of the molecule is O=Nc1c(C2=c3ccccc3=NC2=O)[nH]c2ccccc12. The first-order chi connectivity index (χ1) is 10.3. The van der Waals surface area contributed by atoms with Crippen LogP contribution in [0.2, 0.25) is 0 Å². The number of rotatable bonds is 2. The van der Waals surface area contributed by atoms with Crippen molar-refractivity contribution in [2.45, 2.75) is 0 Å². The maximum atomic E-state index is 12.2. The van der Waals surface area contributed by atoms with Crippen molar-refractivity contribution in [3.05, 3.63) is 69.7 Å². The lowest BCUT2D eigenvalue weighted by Crippen LogP contribution is -2.22. The van der Waals surface area contributed by atoms with Crippen LogP contribution >= 0.6 is 0 Å². The number of amides is 1. The highest BCUT2D eigenvalue weighted by atomic mass is 16.3. The number of para-hydroxylation sites is 2. The second kappa shape index (κ2) is 4.21. The molecule has 21 heavy (non-hydrogen) atoms. The van der Waals surface area contributed by atoms with Crippen LogP contribution in [0.4, 0.5) is 5.69 Å². The minimum absolute atomic E-state index is 0.251. The van der Waals surface area contributed by atoms with E-state index >= 15 is 0 Å². The number of aromatic nitrogens is 1. The molecule has 0 unspecified atom stereocenters. The summed E-state index contributed by atoms with van der Waals surface area (Å²) < 4.78 is 0. The Morgan fingerprint density at radius 2 is 1.76 bits per heavy atom. The molecule has 5 nitrogen and oxygen atoms in total. The van der Waals surface area contributed by atoms with Crippen LogP contribution in [0.25, 0.3) is 16.5 Å². The molecule has 0 atom stereocenters. The highest BCUT2D eigenvalue weighted by Gasteiger charge is 2.24. The Labute approximate surface area is 118 Å². The highest BCUT2D eigenvalue weighted by Crippen LogP contribution is 2.34. The first-order valence-corrected chi connectivity index (χ1v) is 6.46. The van der Waals surface area contributed by atoms with Gasteiger partial charge in [-0.05, 0) is 17.3 Å².